The quantitative estimate of drug-likeness (QED) is 0.189. The summed E-state index contributed by atoms with van der Waals surface area (Å²) in [4.78, 5) is 13.5. The molecule has 3 aromatic carbocycles. The van der Waals surface area contributed by atoms with E-state index in [1.165, 1.54) is 0 Å². The Hall–Kier alpha value is -3.87. The standard InChI is InChI=1S/C49H66N6O3S3/c1-47(2,3)36-18-30-24-50-14-16-52(44(50)59)26-32-20-37(48(4,5)6)22-34(42(32)57)28-54-39-12-10-11-13-40(39)55(46(54)61)29-35-23-38(49(7,8)9)21-33(43(35)58)27-53-17-15-51(45(53)60)25-31(19-36)41(30)56/h18-23,39-40,56-58H,10-17,24-29H2,1-9H3/t39-,40-/m1/s1. The van der Waals surface area contributed by atoms with Gasteiger partial charge in [0.05, 0.1) is 12.1 Å². The summed E-state index contributed by atoms with van der Waals surface area (Å²) in [5.41, 5.74) is 8.16. The third-order valence-corrected chi connectivity index (χ3v) is 15.4. The van der Waals surface area contributed by atoms with E-state index in [0.717, 1.165) is 117 Å². The van der Waals surface area contributed by atoms with Gasteiger partial charge in [-0.1, -0.05) is 75.2 Å². The Morgan fingerprint density at radius 1 is 0.410 bits per heavy atom. The molecule has 1 saturated carbocycles. The van der Waals surface area contributed by atoms with Crippen molar-refractivity contribution < 1.29 is 15.3 Å². The Balaban J connectivity index is 1.24. The highest BCUT2D eigenvalue weighted by molar-refractivity contribution is 7.80. The molecule has 5 aliphatic rings. The minimum atomic E-state index is -0.154. The normalized spacial score (nSPS) is 21.7. The molecule has 8 rings (SSSR count). The Bertz CT molecular complexity index is 2110. The molecule has 61 heavy (non-hydrogen) atoms. The van der Waals surface area contributed by atoms with Crippen LogP contribution in [0, 0.1) is 0 Å². The van der Waals surface area contributed by atoms with Crippen LogP contribution in [0.5, 0.6) is 17.2 Å². The van der Waals surface area contributed by atoms with Crippen LogP contribution in [0.3, 0.4) is 0 Å². The van der Waals surface area contributed by atoms with Crippen molar-refractivity contribution in [2.75, 3.05) is 26.2 Å². The van der Waals surface area contributed by atoms with Crippen molar-refractivity contribution in [1.29, 1.82) is 0 Å². The van der Waals surface area contributed by atoms with Crippen molar-refractivity contribution in [3.8, 4) is 17.2 Å². The highest BCUT2D eigenvalue weighted by Crippen LogP contribution is 2.42. The first-order valence-electron chi connectivity index (χ1n) is 22.3. The molecule has 4 fully saturated rings. The maximum atomic E-state index is 12.2. The van der Waals surface area contributed by atoms with Crippen LogP contribution in [0.4, 0.5) is 0 Å². The van der Waals surface area contributed by atoms with E-state index >= 15 is 0 Å². The molecule has 0 spiro atoms. The second-order valence-corrected chi connectivity index (χ2v) is 22.5. The van der Waals surface area contributed by atoms with Crippen LogP contribution in [0.2, 0.25) is 0 Å². The first-order chi connectivity index (χ1) is 28.6. The third kappa shape index (κ3) is 8.50. The zero-order valence-corrected chi connectivity index (χ0v) is 40.2. The van der Waals surface area contributed by atoms with Crippen molar-refractivity contribution in [1.82, 2.24) is 29.4 Å². The van der Waals surface area contributed by atoms with Crippen LogP contribution < -0.4 is 0 Å². The lowest BCUT2D eigenvalue weighted by molar-refractivity contribution is 0.196. The average molecular weight is 883 g/mol. The van der Waals surface area contributed by atoms with Gasteiger partial charge in [-0.05, 0) is 119 Å². The zero-order chi connectivity index (χ0) is 43.9. The molecule has 0 aromatic heterocycles. The topological polar surface area (TPSA) is 80.1 Å². The number of phenols is 3. The molecule has 12 heteroatoms. The molecule has 3 saturated heterocycles. The van der Waals surface area contributed by atoms with Gasteiger partial charge in [0.2, 0.25) is 0 Å². The van der Waals surface area contributed by atoms with E-state index in [4.69, 9.17) is 36.7 Å². The summed E-state index contributed by atoms with van der Waals surface area (Å²) in [6, 6.07) is 13.4. The van der Waals surface area contributed by atoms with Crippen molar-refractivity contribution in [3.05, 3.63) is 86.5 Å². The van der Waals surface area contributed by atoms with Gasteiger partial charge in [-0.3, -0.25) is 0 Å². The first kappa shape index (κ1) is 43.8. The van der Waals surface area contributed by atoms with E-state index in [1.54, 1.807) is 0 Å². The number of hydrogen-bond donors (Lipinski definition) is 3. The van der Waals surface area contributed by atoms with E-state index in [-0.39, 0.29) is 34.1 Å². The monoisotopic (exact) mass is 882 g/mol. The molecule has 328 valence electrons. The van der Waals surface area contributed by atoms with Gasteiger partial charge in [-0.25, -0.2) is 0 Å². The second-order valence-electron chi connectivity index (χ2n) is 21.4. The molecule has 0 amide bonds. The van der Waals surface area contributed by atoms with E-state index < -0.39 is 0 Å². The van der Waals surface area contributed by atoms with Crippen molar-refractivity contribution in [2.45, 2.75) is 156 Å². The van der Waals surface area contributed by atoms with E-state index in [0.29, 0.717) is 50.8 Å². The fourth-order valence-corrected chi connectivity index (χ4v) is 11.0. The summed E-state index contributed by atoms with van der Waals surface area (Å²) in [7, 11) is 0. The van der Waals surface area contributed by atoms with Gasteiger partial charge in [0.25, 0.3) is 0 Å². The summed E-state index contributed by atoms with van der Waals surface area (Å²) in [6.07, 6.45) is 4.33. The number of hydrogen-bond acceptors (Lipinski definition) is 6. The third-order valence-electron chi connectivity index (χ3n) is 13.9. The number of phenolic OH excluding ortho intramolecular Hbond substituents is 3. The van der Waals surface area contributed by atoms with Crippen LogP contribution in [0.15, 0.2) is 36.4 Å². The summed E-state index contributed by atoms with van der Waals surface area (Å²) in [5, 5.41) is 38.7. The molecule has 12 bridgehead atoms. The van der Waals surface area contributed by atoms with Crippen LogP contribution in [-0.4, -0.2) is 98.3 Å². The fraction of sp³-hybridized carbons (Fsp3) is 0.571. The van der Waals surface area contributed by atoms with Crippen molar-refractivity contribution in [2.24, 2.45) is 0 Å². The Labute approximate surface area is 380 Å². The van der Waals surface area contributed by atoms with E-state index in [1.807, 2.05) is 0 Å². The van der Waals surface area contributed by atoms with Gasteiger partial charge in [0, 0.05) is 98.8 Å². The summed E-state index contributed by atoms with van der Waals surface area (Å²) < 4.78 is 0. The molecule has 3 aromatic rings. The number of aromatic hydroxyl groups is 3. The Morgan fingerprint density at radius 3 is 0.902 bits per heavy atom. The smallest absolute Gasteiger partial charge is 0.172 e. The molecule has 0 unspecified atom stereocenters. The van der Waals surface area contributed by atoms with E-state index in [9.17, 15) is 15.3 Å². The number of fused-ring (bicyclic) bond motifs is 15. The predicted octanol–water partition coefficient (Wildman–Crippen LogP) is 9.13. The van der Waals surface area contributed by atoms with Crippen LogP contribution in [0.1, 0.15) is 138 Å². The van der Waals surface area contributed by atoms with Gasteiger partial charge < -0.3 is 44.7 Å². The Morgan fingerprint density at radius 2 is 0.656 bits per heavy atom. The second kappa shape index (κ2) is 16.0. The van der Waals surface area contributed by atoms with Gasteiger partial charge >= 0.3 is 0 Å². The molecule has 4 aliphatic heterocycles. The van der Waals surface area contributed by atoms with Crippen molar-refractivity contribution >= 4 is 52.0 Å². The summed E-state index contributed by atoms with van der Waals surface area (Å²) in [5.74, 6) is 0.883. The summed E-state index contributed by atoms with van der Waals surface area (Å²) >= 11 is 18.8. The van der Waals surface area contributed by atoms with Gasteiger partial charge in [-0.15, -0.1) is 0 Å². The molecule has 9 nitrogen and oxygen atoms in total. The highest BCUT2D eigenvalue weighted by atomic mass is 32.1. The maximum Gasteiger partial charge on any atom is 0.172 e. The lowest BCUT2D eigenvalue weighted by Crippen LogP contribution is -2.39. The highest BCUT2D eigenvalue weighted by Gasteiger charge is 2.45. The lowest BCUT2D eigenvalue weighted by atomic mass is 9.84. The first-order valence-corrected chi connectivity index (χ1v) is 23.5. The van der Waals surface area contributed by atoms with E-state index in [2.05, 4.69) is 128 Å². The molecule has 2 atom stereocenters. The van der Waals surface area contributed by atoms with Gasteiger partial charge in [-0.2, -0.15) is 0 Å². The number of benzene rings is 3. The number of thiocarbonyl (C=S) groups is 3. The average Bonchev–Trinajstić information content (AvgIpc) is 3.79. The minimum absolute atomic E-state index is 0.149. The molecule has 4 heterocycles. The zero-order valence-electron chi connectivity index (χ0n) is 37.8. The molecular weight excluding hydrogens is 817 g/mol. The van der Waals surface area contributed by atoms with Crippen LogP contribution >= 0.6 is 36.7 Å². The molecule has 3 N–H and O–H groups in total. The summed E-state index contributed by atoms with van der Waals surface area (Å²) in [6.45, 7) is 25.7. The van der Waals surface area contributed by atoms with Gasteiger partial charge in [0.15, 0.2) is 15.3 Å². The lowest BCUT2D eigenvalue weighted by Gasteiger charge is -2.33. The largest absolute Gasteiger partial charge is 0.507 e. The molecule has 1 aliphatic carbocycles. The molecular formula is C49H66N6O3S3. The SMILES string of the molecule is CC(C)(C)c1cc2c(O)c(c1)CN1CCN(Cc3cc(C(C)(C)C)cc(c3O)CN3C(=S)N(Cc4cc(C(C)(C)C)cc(c4O)CN4CCN(C2)C4=S)[C@@H]2CCCC[C@H]23)C1=S. The predicted molar refractivity (Wildman–Crippen MR) is 257 cm³/mol. The van der Waals surface area contributed by atoms with Gasteiger partial charge in [0.1, 0.15) is 17.2 Å². The maximum absolute atomic E-state index is 12.2. The minimum Gasteiger partial charge on any atom is -0.507 e. The van der Waals surface area contributed by atoms with Crippen LogP contribution in [0.25, 0.3) is 0 Å². The number of rotatable bonds is 0. The Kier molecular flexibility index (Phi) is 11.5. The molecule has 0 radical (unpaired) electrons. The van der Waals surface area contributed by atoms with Crippen LogP contribution in [-0.2, 0) is 55.5 Å². The number of nitrogens with zero attached hydrogens (tertiary/aromatic N) is 6. The van der Waals surface area contributed by atoms with Crippen molar-refractivity contribution in [3.63, 3.8) is 0 Å². The fourth-order valence-electron chi connectivity index (χ4n) is 9.98.